The minimum Gasteiger partial charge on any atom is -0.459 e. The SMILES string of the molecule is Cc1cc(C)cc(NC(=O)[C@@H](c2ccccc2)N2CCN(C(=O)c3ccco3)CC2)c1. The molecule has 1 aromatic heterocycles. The van der Waals surface area contributed by atoms with Gasteiger partial charge < -0.3 is 14.6 Å². The molecule has 2 aromatic carbocycles. The fourth-order valence-electron chi connectivity index (χ4n) is 4.16. The lowest BCUT2D eigenvalue weighted by Gasteiger charge is -2.38. The van der Waals surface area contributed by atoms with Crippen molar-refractivity contribution in [1.29, 1.82) is 0 Å². The Morgan fingerprint density at radius 3 is 2.19 bits per heavy atom. The van der Waals surface area contributed by atoms with E-state index in [0.29, 0.717) is 31.9 Å². The summed E-state index contributed by atoms with van der Waals surface area (Å²) in [6.45, 7) is 6.33. The first-order valence-corrected chi connectivity index (χ1v) is 10.5. The lowest BCUT2D eigenvalue weighted by atomic mass is 10.0. The summed E-state index contributed by atoms with van der Waals surface area (Å²) in [4.78, 5) is 29.9. The second kappa shape index (κ2) is 9.18. The summed E-state index contributed by atoms with van der Waals surface area (Å²) in [7, 11) is 0. The number of amides is 2. The lowest BCUT2D eigenvalue weighted by molar-refractivity contribution is -0.122. The maximum absolute atomic E-state index is 13.4. The fourth-order valence-corrected chi connectivity index (χ4v) is 4.16. The van der Waals surface area contributed by atoms with Crippen LogP contribution in [0.1, 0.15) is 33.3 Å². The van der Waals surface area contributed by atoms with E-state index in [1.807, 2.05) is 56.3 Å². The van der Waals surface area contributed by atoms with Gasteiger partial charge >= 0.3 is 0 Å². The number of anilines is 1. The Labute approximate surface area is 182 Å². The quantitative estimate of drug-likeness (QED) is 0.681. The summed E-state index contributed by atoms with van der Waals surface area (Å²) < 4.78 is 5.25. The van der Waals surface area contributed by atoms with Gasteiger partial charge in [0.2, 0.25) is 5.91 Å². The standard InChI is InChI=1S/C25H27N3O3/c1-18-15-19(2)17-21(16-18)26-24(29)23(20-7-4-3-5-8-20)27-10-12-28(13-11-27)25(30)22-9-6-14-31-22/h3-9,14-17,23H,10-13H2,1-2H3,(H,26,29)/t23-/m1/s1. The molecule has 0 aliphatic carbocycles. The second-order valence-corrected chi connectivity index (χ2v) is 7.98. The number of carbonyl (C=O) groups is 2. The zero-order valence-corrected chi connectivity index (χ0v) is 17.9. The summed E-state index contributed by atoms with van der Waals surface area (Å²) in [5.41, 5.74) is 3.96. The summed E-state index contributed by atoms with van der Waals surface area (Å²) in [5, 5.41) is 3.10. The number of piperazine rings is 1. The maximum atomic E-state index is 13.4. The van der Waals surface area contributed by atoms with Crippen molar-refractivity contribution in [3.63, 3.8) is 0 Å². The van der Waals surface area contributed by atoms with Crippen molar-refractivity contribution in [3.8, 4) is 0 Å². The van der Waals surface area contributed by atoms with Gasteiger partial charge in [-0.1, -0.05) is 36.4 Å². The molecule has 1 aliphatic rings. The average Bonchev–Trinajstić information content (AvgIpc) is 3.29. The number of nitrogens with zero attached hydrogens (tertiary/aromatic N) is 2. The first-order chi connectivity index (χ1) is 15.0. The van der Waals surface area contributed by atoms with E-state index < -0.39 is 6.04 Å². The third kappa shape index (κ3) is 4.86. The molecule has 0 bridgehead atoms. The van der Waals surface area contributed by atoms with Gasteiger partial charge in [-0.25, -0.2) is 0 Å². The van der Waals surface area contributed by atoms with Crippen molar-refractivity contribution in [1.82, 2.24) is 9.80 Å². The maximum Gasteiger partial charge on any atom is 0.289 e. The first kappa shape index (κ1) is 20.9. The molecule has 4 rings (SSSR count). The number of aryl methyl sites for hydroxylation is 2. The topological polar surface area (TPSA) is 65.8 Å². The van der Waals surface area contributed by atoms with Crippen LogP contribution < -0.4 is 5.32 Å². The van der Waals surface area contributed by atoms with Crippen LogP contribution in [0.4, 0.5) is 5.69 Å². The average molecular weight is 418 g/mol. The number of hydrogen-bond donors (Lipinski definition) is 1. The van der Waals surface area contributed by atoms with Gasteiger partial charge in [-0.2, -0.15) is 0 Å². The molecule has 0 unspecified atom stereocenters. The van der Waals surface area contributed by atoms with Crippen LogP contribution >= 0.6 is 0 Å². The number of carbonyl (C=O) groups excluding carboxylic acids is 2. The number of furan rings is 1. The fraction of sp³-hybridized carbons (Fsp3) is 0.280. The molecule has 2 heterocycles. The van der Waals surface area contributed by atoms with E-state index in [1.54, 1.807) is 17.0 Å². The van der Waals surface area contributed by atoms with Crippen LogP contribution in [0.3, 0.4) is 0 Å². The van der Waals surface area contributed by atoms with Crippen molar-refractivity contribution in [3.05, 3.63) is 89.4 Å². The number of rotatable bonds is 5. The Balaban J connectivity index is 1.51. The van der Waals surface area contributed by atoms with Gasteiger partial charge in [0.1, 0.15) is 6.04 Å². The monoisotopic (exact) mass is 417 g/mol. The van der Waals surface area contributed by atoms with Gasteiger partial charge in [0.05, 0.1) is 6.26 Å². The van der Waals surface area contributed by atoms with Gasteiger partial charge in [0.25, 0.3) is 5.91 Å². The normalized spacial score (nSPS) is 15.5. The van der Waals surface area contributed by atoms with Crippen molar-refractivity contribution in [2.75, 3.05) is 31.5 Å². The van der Waals surface area contributed by atoms with Gasteiger partial charge in [0.15, 0.2) is 5.76 Å². The highest BCUT2D eigenvalue weighted by Gasteiger charge is 2.32. The van der Waals surface area contributed by atoms with E-state index in [9.17, 15) is 9.59 Å². The highest BCUT2D eigenvalue weighted by Crippen LogP contribution is 2.25. The minimum absolute atomic E-state index is 0.0676. The zero-order chi connectivity index (χ0) is 21.8. The van der Waals surface area contributed by atoms with E-state index in [0.717, 1.165) is 22.4 Å². The predicted octanol–water partition coefficient (Wildman–Crippen LogP) is 4.03. The molecule has 1 N–H and O–H groups in total. The number of nitrogens with one attached hydrogen (secondary N) is 1. The van der Waals surface area contributed by atoms with Crippen molar-refractivity contribution in [2.24, 2.45) is 0 Å². The molecular formula is C25H27N3O3. The molecule has 1 aliphatic heterocycles. The Morgan fingerprint density at radius 1 is 0.903 bits per heavy atom. The molecule has 1 saturated heterocycles. The second-order valence-electron chi connectivity index (χ2n) is 7.98. The summed E-state index contributed by atoms with van der Waals surface area (Å²) in [6.07, 6.45) is 1.51. The van der Waals surface area contributed by atoms with Gasteiger partial charge in [-0.05, 0) is 54.8 Å². The zero-order valence-electron chi connectivity index (χ0n) is 17.9. The Bertz CT molecular complexity index is 1020. The molecular weight excluding hydrogens is 390 g/mol. The van der Waals surface area contributed by atoms with Crippen LogP contribution in [0.2, 0.25) is 0 Å². The number of hydrogen-bond acceptors (Lipinski definition) is 4. The van der Waals surface area contributed by atoms with Crippen molar-refractivity contribution in [2.45, 2.75) is 19.9 Å². The van der Waals surface area contributed by atoms with Gasteiger partial charge in [-0.3, -0.25) is 14.5 Å². The summed E-state index contributed by atoms with van der Waals surface area (Å²) in [6, 6.07) is 18.8. The van der Waals surface area contributed by atoms with Gasteiger partial charge in [-0.15, -0.1) is 0 Å². The van der Waals surface area contributed by atoms with Crippen LogP contribution in [0.25, 0.3) is 0 Å². The molecule has 160 valence electrons. The van der Waals surface area contributed by atoms with E-state index >= 15 is 0 Å². The van der Waals surface area contributed by atoms with Crippen molar-refractivity contribution >= 4 is 17.5 Å². The van der Waals surface area contributed by atoms with Crippen LogP contribution in [0.5, 0.6) is 0 Å². The smallest absolute Gasteiger partial charge is 0.289 e. The van der Waals surface area contributed by atoms with Crippen molar-refractivity contribution < 1.29 is 14.0 Å². The summed E-state index contributed by atoms with van der Waals surface area (Å²) in [5.74, 6) is 0.170. The molecule has 0 spiro atoms. The molecule has 6 heteroatoms. The molecule has 1 fully saturated rings. The molecule has 3 aromatic rings. The lowest BCUT2D eigenvalue weighted by Crippen LogP contribution is -2.51. The molecule has 0 saturated carbocycles. The molecule has 2 amide bonds. The Hall–Kier alpha value is -3.38. The molecule has 31 heavy (non-hydrogen) atoms. The Morgan fingerprint density at radius 2 is 1.58 bits per heavy atom. The number of benzene rings is 2. The highest BCUT2D eigenvalue weighted by molar-refractivity contribution is 5.96. The van der Waals surface area contributed by atoms with E-state index in [1.165, 1.54) is 6.26 Å². The predicted molar refractivity (Wildman–Crippen MR) is 120 cm³/mol. The third-order valence-corrected chi connectivity index (χ3v) is 5.55. The Kier molecular flexibility index (Phi) is 6.18. The van der Waals surface area contributed by atoms with Crippen LogP contribution in [0.15, 0.2) is 71.3 Å². The third-order valence-electron chi connectivity index (χ3n) is 5.55. The van der Waals surface area contributed by atoms with Gasteiger partial charge in [0, 0.05) is 31.9 Å². The molecule has 1 atom stereocenters. The van der Waals surface area contributed by atoms with Crippen LogP contribution in [-0.4, -0.2) is 47.8 Å². The van der Waals surface area contributed by atoms with E-state index in [-0.39, 0.29) is 11.8 Å². The highest BCUT2D eigenvalue weighted by atomic mass is 16.3. The summed E-state index contributed by atoms with van der Waals surface area (Å²) >= 11 is 0. The van der Waals surface area contributed by atoms with Crippen LogP contribution in [0, 0.1) is 13.8 Å². The molecule has 6 nitrogen and oxygen atoms in total. The van der Waals surface area contributed by atoms with E-state index in [2.05, 4.69) is 16.3 Å². The largest absolute Gasteiger partial charge is 0.459 e. The minimum atomic E-state index is -0.428. The van der Waals surface area contributed by atoms with E-state index in [4.69, 9.17) is 4.42 Å². The molecule has 0 radical (unpaired) electrons. The van der Waals surface area contributed by atoms with Crippen LogP contribution in [-0.2, 0) is 4.79 Å². The first-order valence-electron chi connectivity index (χ1n) is 10.5.